The highest BCUT2D eigenvalue weighted by Crippen LogP contribution is 2.27. The standard InChI is InChI=1S/C21H22N4O/c26-21(22-13-16-7-2-1-3-8-16)17-9-6-12-25(14-17)20-18-10-4-5-11-19(18)23-15-24-20/h1-5,7-8,10-11,15,17H,6,9,12-14H2,(H,22,26). The van der Waals surface area contributed by atoms with Crippen LogP contribution in [-0.4, -0.2) is 29.0 Å². The maximum absolute atomic E-state index is 12.6. The normalized spacial score (nSPS) is 17.2. The van der Waals surface area contributed by atoms with Crippen LogP contribution in [-0.2, 0) is 11.3 Å². The van der Waals surface area contributed by atoms with Gasteiger partial charge in [0.05, 0.1) is 11.4 Å². The second-order valence-electron chi connectivity index (χ2n) is 6.70. The smallest absolute Gasteiger partial charge is 0.225 e. The first-order valence-corrected chi connectivity index (χ1v) is 9.07. The molecule has 1 fully saturated rings. The average Bonchev–Trinajstić information content (AvgIpc) is 2.72. The lowest BCUT2D eigenvalue weighted by Gasteiger charge is -2.33. The molecule has 1 aliphatic rings. The fraction of sp³-hybridized carbons (Fsp3) is 0.286. The van der Waals surface area contributed by atoms with Gasteiger partial charge in [0, 0.05) is 25.0 Å². The number of carbonyl (C=O) groups is 1. The Morgan fingerprint density at radius 1 is 1.08 bits per heavy atom. The number of piperidine rings is 1. The molecule has 4 rings (SSSR count). The van der Waals surface area contributed by atoms with E-state index in [1.54, 1.807) is 6.33 Å². The van der Waals surface area contributed by atoms with Crippen molar-refractivity contribution in [2.45, 2.75) is 19.4 Å². The van der Waals surface area contributed by atoms with Crippen LogP contribution < -0.4 is 10.2 Å². The Kier molecular flexibility index (Phi) is 4.78. The average molecular weight is 346 g/mol. The fourth-order valence-electron chi connectivity index (χ4n) is 3.56. The van der Waals surface area contributed by atoms with Crippen LogP contribution in [0.5, 0.6) is 0 Å². The van der Waals surface area contributed by atoms with Crippen molar-refractivity contribution in [3.8, 4) is 0 Å². The van der Waals surface area contributed by atoms with Gasteiger partial charge in [0.1, 0.15) is 12.1 Å². The quantitative estimate of drug-likeness (QED) is 0.788. The summed E-state index contributed by atoms with van der Waals surface area (Å²) in [7, 11) is 0. The van der Waals surface area contributed by atoms with E-state index in [1.165, 1.54) is 0 Å². The van der Waals surface area contributed by atoms with Crippen molar-refractivity contribution < 1.29 is 4.79 Å². The number of carbonyl (C=O) groups excluding carboxylic acids is 1. The summed E-state index contributed by atoms with van der Waals surface area (Å²) in [6, 6.07) is 18.0. The van der Waals surface area contributed by atoms with Gasteiger partial charge < -0.3 is 10.2 Å². The number of hydrogen-bond donors (Lipinski definition) is 1. The van der Waals surface area contributed by atoms with Crippen LogP contribution in [0, 0.1) is 5.92 Å². The van der Waals surface area contributed by atoms with Crippen molar-refractivity contribution in [2.75, 3.05) is 18.0 Å². The summed E-state index contributed by atoms with van der Waals surface area (Å²) in [5, 5.41) is 4.12. The Morgan fingerprint density at radius 3 is 2.77 bits per heavy atom. The highest BCUT2D eigenvalue weighted by molar-refractivity contribution is 5.89. The number of fused-ring (bicyclic) bond motifs is 1. The summed E-state index contributed by atoms with van der Waals surface area (Å²) in [6.07, 6.45) is 3.51. The Labute approximate surface area is 153 Å². The molecule has 1 aromatic heterocycles. The molecule has 26 heavy (non-hydrogen) atoms. The van der Waals surface area contributed by atoms with Gasteiger partial charge in [-0.05, 0) is 30.5 Å². The molecule has 1 unspecified atom stereocenters. The number of aromatic nitrogens is 2. The highest BCUT2D eigenvalue weighted by Gasteiger charge is 2.27. The zero-order chi connectivity index (χ0) is 17.8. The third kappa shape index (κ3) is 3.52. The first-order chi connectivity index (χ1) is 12.8. The van der Waals surface area contributed by atoms with Crippen molar-refractivity contribution in [1.82, 2.24) is 15.3 Å². The first-order valence-electron chi connectivity index (χ1n) is 9.07. The summed E-state index contributed by atoms with van der Waals surface area (Å²) in [6.45, 7) is 2.19. The zero-order valence-corrected chi connectivity index (χ0v) is 14.6. The maximum atomic E-state index is 12.6. The Hall–Kier alpha value is -2.95. The lowest BCUT2D eigenvalue weighted by Crippen LogP contribution is -2.43. The zero-order valence-electron chi connectivity index (χ0n) is 14.6. The van der Waals surface area contributed by atoms with Crippen LogP contribution in [0.15, 0.2) is 60.9 Å². The fourth-order valence-corrected chi connectivity index (χ4v) is 3.56. The molecule has 0 saturated carbocycles. The van der Waals surface area contributed by atoms with Crippen LogP contribution in [0.25, 0.3) is 10.9 Å². The molecule has 1 saturated heterocycles. The molecule has 2 aromatic carbocycles. The van der Waals surface area contributed by atoms with Gasteiger partial charge in [0.25, 0.3) is 0 Å². The molecule has 1 amide bonds. The molecule has 1 atom stereocenters. The molecular formula is C21H22N4O. The molecule has 5 heteroatoms. The number of amides is 1. The van der Waals surface area contributed by atoms with Gasteiger partial charge in [-0.2, -0.15) is 0 Å². The van der Waals surface area contributed by atoms with Gasteiger partial charge in [-0.1, -0.05) is 42.5 Å². The topological polar surface area (TPSA) is 58.1 Å². The molecule has 0 spiro atoms. The molecule has 3 aromatic rings. The van der Waals surface area contributed by atoms with Crippen molar-refractivity contribution in [3.05, 3.63) is 66.5 Å². The summed E-state index contributed by atoms with van der Waals surface area (Å²) >= 11 is 0. The van der Waals surface area contributed by atoms with Crippen LogP contribution in [0.1, 0.15) is 18.4 Å². The summed E-state index contributed by atoms with van der Waals surface area (Å²) in [4.78, 5) is 23.7. The van der Waals surface area contributed by atoms with Crippen LogP contribution in [0.3, 0.4) is 0 Å². The van der Waals surface area contributed by atoms with Crippen molar-refractivity contribution >= 4 is 22.6 Å². The third-order valence-corrected chi connectivity index (χ3v) is 4.92. The largest absolute Gasteiger partial charge is 0.355 e. The van der Waals surface area contributed by atoms with E-state index in [4.69, 9.17) is 0 Å². The molecule has 132 valence electrons. The van der Waals surface area contributed by atoms with E-state index in [1.807, 2.05) is 54.6 Å². The van der Waals surface area contributed by atoms with Crippen molar-refractivity contribution in [3.63, 3.8) is 0 Å². The monoisotopic (exact) mass is 346 g/mol. The minimum Gasteiger partial charge on any atom is -0.355 e. The Morgan fingerprint density at radius 2 is 1.88 bits per heavy atom. The number of nitrogens with one attached hydrogen (secondary N) is 1. The number of para-hydroxylation sites is 1. The molecule has 5 nitrogen and oxygen atoms in total. The second kappa shape index (κ2) is 7.52. The number of anilines is 1. The minimum absolute atomic E-state index is 0.0128. The van der Waals surface area contributed by atoms with Crippen LogP contribution in [0.4, 0.5) is 5.82 Å². The van der Waals surface area contributed by atoms with Crippen molar-refractivity contribution in [1.29, 1.82) is 0 Å². The molecule has 2 heterocycles. The lowest BCUT2D eigenvalue weighted by atomic mass is 9.96. The molecule has 0 aliphatic carbocycles. The number of nitrogens with zero attached hydrogens (tertiary/aromatic N) is 3. The molecular weight excluding hydrogens is 324 g/mol. The SMILES string of the molecule is O=C(NCc1ccccc1)C1CCCN(c2ncnc3ccccc23)C1. The Bertz CT molecular complexity index is 891. The third-order valence-electron chi connectivity index (χ3n) is 4.92. The van der Waals surface area contributed by atoms with Gasteiger partial charge in [-0.3, -0.25) is 4.79 Å². The maximum Gasteiger partial charge on any atom is 0.225 e. The lowest BCUT2D eigenvalue weighted by molar-refractivity contribution is -0.125. The first kappa shape index (κ1) is 16.5. The molecule has 1 N–H and O–H groups in total. The van der Waals surface area contributed by atoms with Crippen molar-refractivity contribution in [2.24, 2.45) is 5.92 Å². The van der Waals surface area contributed by atoms with Gasteiger partial charge in [0.2, 0.25) is 5.91 Å². The minimum atomic E-state index is -0.0128. The second-order valence-corrected chi connectivity index (χ2v) is 6.70. The highest BCUT2D eigenvalue weighted by atomic mass is 16.1. The number of rotatable bonds is 4. The van der Waals surface area contributed by atoms with Gasteiger partial charge in [0.15, 0.2) is 0 Å². The molecule has 1 aliphatic heterocycles. The van der Waals surface area contributed by atoms with E-state index in [0.29, 0.717) is 13.1 Å². The summed E-state index contributed by atoms with van der Waals surface area (Å²) in [5.41, 5.74) is 2.06. The van der Waals surface area contributed by atoms with Gasteiger partial charge >= 0.3 is 0 Å². The molecule has 0 radical (unpaired) electrons. The number of benzene rings is 2. The van der Waals surface area contributed by atoms with Gasteiger partial charge in [-0.15, -0.1) is 0 Å². The van der Waals surface area contributed by atoms with E-state index >= 15 is 0 Å². The summed E-state index contributed by atoms with van der Waals surface area (Å²) in [5.74, 6) is 1.04. The molecule has 0 bridgehead atoms. The van der Waals surface area contributed by atoms with E-state index in [-0.39, 0.29) is 11.8 Å². The number of hydrogen-bond acceptors (Lipinski definition) is 4. The van der Waals surface area contributed by atoms with E-state index in [2.05, 4.69) is 20.2 Å². The van der Waals surface area contributed by atoms with Crippen LogP contribution in [0.2, 0.25) is 0 Å². The van der Waals surface area contributed by atoms with E-state index in [0.717, 1.165) is 41.7 Å². The van der Waals surface area contributed by atoms with E-state index < -0.39 is 0 Å². The summed E-state index contributed by atoms with van der Waals surface area (Å²) < 4.78 is 0. The Balaban J connectivity index is 1.46. The van der Waals surface area contributed by atoms with Crippen LogP contribution >= 0.6 is 0 Å². The van der Waals surface area contributed by atoms with Gasteiger partial charge in [-0.25, -0.2) is 9.97 Å². The predicted molar refractivity (Wildman–Crippen MR) is 103 cm³/mol. The van der Waals surface area contributed by atoms with E-state index in [9.17, 15) is 4.79 Å². The predicted octanol–water partition coefficient (Wildman–Crippen LogP) is 3.16.